The van der Waals surface area contributed by atoms with Crippen LogP contribution in [0.2, 0.25) is 10.0 Å². The van der Waals surface area contributed by atoms with Crippen molar-refractivity contribution in [2.75, 3.05) is 7.11 Å². The molecule has 0 spiro atoms. The zero-order valence-corrected chi connectivity index (χ0v) is 16.8. The summed E-state index contributed by atoms with van der Waals surface area (Å²) in [5.74, 6) is -3.36. The van der Waals surface area contributed by atoms with Gasteiger partial charge in [-0.25, -0.2) is 0 Å². The van der Waals surface area contributed by atoms with Crippen molar-refractivity contribution in [3.05, 3.63) is 69.2 Å². The van der Waals surface area contributed by atoms with Crippen LogP contribution in [0, 0.1) is 0 Å². The number of amides is 3. The Morgan fingerprint density at radius 2 is 1.79 bits per heavy atom. The number of rotatable bonds is 5. The van der Waals surface area contributed by atoms with Crippen LogP contribution in [0.3, 0.4) is 0 Å². The van der Waals surface area contributed by atoms with E-state index in [1.165, 1.54) is 24.3 Å². The molecule has 1 heterocycles. The number of ether oxygens (including phenoxy) is 1. The van der Waals surface area contributed by atoms with Gasteiger partial charge in [0, 0.05) is 5.56 Å². The number of carbonyl (C=O) groups is 4. The first-order valence-electron chi connectivity index (χ1n) is 8.48. The molecule has 1 unspecified atom stereocenters. The molecule has 9 heteroatoms. The first-order valence-corrected chi connectivity index (χ1v) is 9.24. The highest BCUT2D eigenvalue weighted by atomic mass is 35.5. The third kappa shape index (κ3) is 3.47. The van der Waals surface area contributed by atoms with E-state index < -0.39 is 35.5 Å². The summed E-state index contributed by atoms with van der Waals surface area (Å²) < 4.78 is 4.85. The number of methoxy groups -OCH3 is 1. The molecular formula is C20H16Cl2N2O5. The van der Waals surface area contributed by atoms with Crippen LogP contribution in [0.4, 0.5) is 0 Å². The summed E-state index contributed by atoms with van der Waals surface area (Å²) in [7, 11) is 1.10. The number of halogens is 2. The quantitative estimate of drug-likeness (QED) is 0.441. The van der Waals surface area contributed by atoms with Crippen molar-refractivity contribution in [2.45, 2.75) is 18.4 Å². The molecule has 0 saturated heterocycles. The van der Waals surface area contributed by atoms with E-state index in [2.05, 4.69) is 0 Å². The lowest BCUT2D eigenvalue weighted by atomic mass is 9.71. The van der Waals surface area contributed by atoms with E-state index in [4.69, 9.17) is 33.7 Å². The van der Waals surface area contributed by atoms with E-state index >= 15 is 0 Å². The second kappa shape index (κ2) is 7.85. The fourth-order valence-corrected chi connectivity index (χ4v) is 3.79. The second-order valence-corrected chi connectivity index (χ2v) is 7.34. The molecule has 0 bridgehead atoms. The van der Waals surface area contributed by atoms with Crippen LogP contribution in [-0.2, 0) is 31.1 Å². The molecule has 2 aromatic carbocycles. The molecule has 29 heavy (non-hydrogen) atoms. The lowest BCUT2D eigenvalue weighted by Gasteiger charge is -2.39. The maximum Gasteiger partial charge on any atom is 0.326 e. The maximum absolute atomic E-state index is 13.5. The smallest absolute Gasteiger partial charge is 0.326 e. The predicted octanol–water partition coefficient (Wildman–Crippen LogP) is 2.46. The van der Waals surface area contributed by atoms with Gasteiger partial charge in [-0.15, -0.1) is 0 Å². The van der Waals surface area contributed by atoms with Gasteiger partial charge < -0.3 is 10.5 Å². The van der Waals surface area contributed by atoms with Gasteiger partial charge in [0.15, 0.2) is 5.41 Å². The molecule has 2 N–H and O–H groups in total. The molecule has 0 radical (unpaired) electrons. The molecule has 2 aromatic rings. The first-order chi connectivity index (χ1) is 13.7. The Bertz CT molecular complexity index is 1040. The summed E-state index contributed by atoms with van der Waals surface area (Å²) in [6.07, 6.45) is -0.638. The summed E-state index contributed by atoms with van der Waals surface area (Å²) in [6, 6.07) is 10.7. The fraction of sp³-hybridized carbons (Fsp3) is 0.200. The lowest BCUT2D eigenvalue weighted by Crippen LogP contribution is -2.59. The minimum Gasteiger partial charge on any atom is -0.468 e. The van der Waals surface area contributed by atoms with E-state index in [1.807, 2.05) is 0 Å². The van der Waals surface area contributed by atoms with Crippen molar-refractivity contribution < 1.29 is 23.9 Å². The van der Waals surface area contributed by atoms with Gasteiger partial charge >= 0.3 is 5.97 Å². The van der Waals surface area contributed by atoms with Gasteiger partial charge in [0.1, 0.15) is 0 Å². The summed E-state index contributed by atoms with van der Waals surface area (Å²) in [5.41, 5.74) is 4.01. The van der Waals surface area contributed by atoms with Crippen molar-refractivity contribution >= 4 is 46.9 Å². The summed E-state index contributed by atoms with van der Waals surface area (Å²) in [4.78, 5) is 52.0. The van der Waals surface area contributed by atoms with Crippen molar-refractivity contribution in [3.8, 4) is 0 Å². The summed E-state index contributed by atoms with van der Waals surface area (Å²) >= 11 is 11.9. The third-order valence-corrected chi connectivity index (χ3v) is 5.51. The van der Waals surface area contributed by atoms with Crippen LogP contribution in [0.5, 0.6) is 0 Å². The third-order valence-electron chi connectivity index (χ3n) is 4.77. The zero-order chi connectivity index (χ0) is 21.3. The number of imide groups is 1. The average molecular weight is 435 g/mol. The van der Waals surface area contributed by atoms with E-state index in [9.17, 15) is 19.2 Å². The lowest BCUT2D eigenvalue weighted by molar-refractivity contribution is -0.158. The van der Waals surface area contributed by atoms with Crippen molar-refractivity contribution in [2.24, 2.45) is 5.73 Å². The Kier molecular flexibility index (Phi) is 5.64. The number of benzene rings is 2. The predicted molar refractivity (Wildman–Crippen MR) is 105 cm³/mol. The molecule has 0 fully saturated rings. The number of carbonyl (C=O) groups excluding carboxylic acids is 4. The summed E-state index contributed by atoms with van der Waals surface area (Å²) in [5, 5.41) is 0.563. The highest BCUT2D eigenvalue weighted by Crippen LogP contribution is 2.39. The Labute approximate surface area is 176 Å². The molecule has 0 aromatic heterocycles. The Balaban J connectivity index is 2.18. The molecule has 0 saturated carbocycles. The van der Waals surface area contributed by atoms with E-state index in [0.717, 1.165) is 12.0 Å². The number of hydrogen-bond donors (Lipinski definition) is 1. The number of esters is 1. The van der Waals surface area contributed by atoms with Gasteiger partial charge in [0.05, 0.1) is 30.1 Å². The zero-order valence-electron chi connectivity index (χ0n) is 15.3. The van der Waals surface area contributed by atoms with Crippen LogP contribution in [-0.4, -0.2) is 35.7 Å². The van der Waals surface area contributed by atoms with Crippen molar-refractivity contribution in [1.29, 1.82) is 0 Å². The molecule has 150 valence electrons. The van der Waals surface area contributed by atoms with Crippen molar-refractivity contribution in [1.82, 2.24) is 4.90 Å². The van der Waals surface area contributed by atoms with Gasteiger partial charge in [-0.1, -0.05) is 47.5 Å². The number of nitrogens with two attached hydrogens (primary N) is 1. The normalized spacial score (nSPS) is 18.4. The van der Waals surface area contributed by atoms with Gasteiger partial charge in [-0.2, -0.15) is 0 Å². The molecule has 1 atom stereocenters. The monoisotopic (exact) mass is 434 g/mol. The highest BCUT2D eigenvalue weighted by molar-refractivity contribution is 6.42. The highest BCUT2D eigenvalue weighted by Gasteiger charge is 2.57. The number of hydrogen-bond acceptors (Lipinski definition) is 5. The fourth-order valence-electron chi connectivity index (χ4n) is 3.47. The van der Waals surface area contributed by atoms with Crippen LogP contribution < -0.4 is 5.73 Å². The molecular weight excluding hydrogens is 419 g/mol. The Morgan fingerprint density at radius 1 is 1.10 bits per heavy atom. The topological polar surface area (TPSA) is 107 Å². The molecule has 7 nitrogen and oxygen atoms in total. The Morgan fingerprint density at radius 3 is 2.41 bits per heavy atom. The minimum atomic E-state index is -2.05. The molecule has 3 rings (SSSR count). The van der Waals surface area contributed by atoms with E-state index in [1.54, 1.807) is 18.2 Å². The van der Waals surface area contributed by atoms with E-state index in [-0.39, 0.29) is 22.7 Å². The van der Waals surface area contributed by atoms with Gasteiger partial charge in [-0.05, 0) is 29.3 Å². The maximum atomic E-state index is 13.5. The van der Waals surface area contributed by atoms with Gasteiger partial charge in [0.25, 0.3) is 11.8 Å². The van der Waals surface area contributed by atoms with E-state index in [0.29, 0.717) is 10.6 Å². The number of primary amides is 1. The molecule has 0 aliphatic carbocycles. The number of nitrogens with zero attached hydrogens (tertiary/aromatic N) is 1. The molecule has 1 aliphatic heterocycles. The van der Waals surface area contributed by atoms with Crippen LogP contribution >= 0.6 is 23.2 Å². The van der Waals surface area contributed by atoms with Crippen LogP contribution in [0.15, 0.2) is 42.5 Å². The number of fused-ring (bicyclic) bond motifs is 1. The minimum absolute atomic E-state index is 0.0889. The SMILES string of the molecule is COC(=O)C1(CC(N)=O)C(=O)N(Cc2ccc(Cl)c(Cl)c2)C(=O)c2ccccc21. The second-order valence-electron chi connectivity index (χ2n) is 6.53. The average Bonchev–Trinajstić information content (AvgIpc) is 2.70. The van der Waals surface area contributed by atoms with Crippen LogP contribution in [0.25, 0.3) is 0 Å². The molecule has 1 aliphatic rings. The molecule has 3 amide bonds. The standard InChI is InChI=1S/C20H16Cl2N2O5/c1-29-19(28)20(9-16(23)25)13-5-3-2-4-12(13)17(26)24(18(20)27)10-11-6-7-14(21)15(22)8-11/h2-8H,9-10H2,1H3,(H2,23,25). The Hall–Kier alpha value is -2.90. The van der Waals surface area contributed by atoms with Crippen molar-refractivity contribution in [3.63, 3.8) is 0 Å². The largest absolute Gasteiger partial charge is 0.468 e. The van der Waals surface area contributed by atoms with Gasteiger partial charge in [0.2, 0.25) is 5.91 Å². The summed E-state index contributed by atoms with van der Waals surface area (Å²) in [6.45, 7) is -0.180. The van der Waals surface area contributed by atoms with Gasteiger partial charge in [-0.3, -0.25) is 24.1 Å². The van der Waals surface area contributed by atoms with Crippen LogP contribution in [0.1, 0.15) is 27.9 Å². The first kappa shape index (κ1) is 20.8.